The lowest BCUT2D eigenvalue weighted by Crippen LogP contribution is -2.38. The number of nitrogens with two attached hydrogens (primary N) is 1. The highest BCUT2D eigenvalue weighted by Gasteiger charge is 2.30. The summed E-state index contributed by atoms with van der Waals surface area (Å²) >= 11 is 0. The van der Waals surface area contributed by atoms with E-state index in [-0.39, 0.29) is 12.6 Å². The molecule has 0 aliphatic carbocycles. The topological polar surface area (TPSA) is 98.2 Å². The third kappa shape index (κ3) is 2.81. The molecule has 0 fully saturated rings. The second-order valence-corrected chi connectivity index (χ2v) is 7.78. The molecule has 1 aromatic carbocycles. The lowest BCUT2D eigenvalue weighted by Gasteiger charge is -2.21. The number of hydrogen-bond acceptors (Lipinski definition) is 6. The van der Waals surface area contributed by atoms with Crippen molar-refractivity contribution >= 4 is 32.6 Å². The van der Waals surface area contributed by atoms with Gasteiger partial charge >= 0.3 is 0 Å². The molecule has 19 heavy (non-hydrogen) atoms. The van der Waals surface area contributed by atoms with Gasteiger partial charge in [0.1, 0.15) is 5.52 Å². The smallest absolute Gasteiger partial charge is 0.295 e. The van der Waals surface area contributed by atoms with Gasteiger partial charge in [0, 0.05) is 24.6 Å². The molecule has 2 aromatic rings. The summed E-state index contributed by atoms with van der Waals surface area (Å²) in [4.78, 5) is 4.21. The van der Waals surface area contributed by atoms with Gasteiger partial charge in [-0.2, -0.15) is 4.98 Å². The van der Waals surface area contributed by atoms with E-state index in [1.165, 1.54) is 6.26 Å². The number of aromatic nitrogens is 1. The number of nitrogens with one attached hydrogen (secondary N) is 1. The largest absolute Gasteiger partial charge is 0.423 e. The Hall–Kier alpha value is -1.76. The molecule has 2 rings (SSSR count). The van der Waals surface area contributed by atoms with Gasteiger partial charge in [-0.15, -0.1) is 0 Å². The highest BCUT2D eigenvalue weighted by Crippen LogP contribution is 2.22. The first-order chi connectivity index (χ1) is 8.69. The van der Waals surface area contributed by atoms with E-state index in [4.69, 9.17) is 10.2 Å². The van der Waals surface area contributed by atoms with Crippen LogP contribution in [0.25, 0.3) is 11.1 Å². The number of anilines is 2. The fraction of sp³-hybridized carbons (Fsp3) is 0.417. The van der Waals surface area contributed by atoms with Crippen LogP contribution in [0.3, 0.4) is 0 Å². The molecule has 7 heteroatoms. The van der Waals surface area contributed by atoms with Crippen molar-refractivity contribution in [3.8, 4) is 0 Å². The van der Waals surface area contributed by atoms with Gasteiger partial charge in [0.25, 0.3) is 6.01 Å². The van der Waals surface area contributed by atoms with E-state index < -0.39 is 14.6 Å². The molecule has 0 aliphatic rings. The van der Waals surface area contributed by atoms with Crippen molar-refractivity contribution in [1.29, 1.82) is 0 Å². The van der Waals surface area contributed by atoms with Crippen LogP contribution in [0.4, 0.5) is 11.7 Å². The molecule has 0 amide bonds. The van der Waals surface area contributed by atoms with Crippen molar-refractivity contribution in [2.24, 2.45) is 0 Å². The molecule has 6 nitrogen and oxygen atoms in total. The van der Waals surface area contributed by atoms with E-state index in [0.29, 0.717) is 16.8 Å². The Morgan fingerprint density at radius 3 is 2.74 bits per heavy atom. The lowest BCUT2D eigenvalue weighted by atomic mass is 10.2. The summed E-state index contributed by atoms with van der Waals surface area (Å²) in [7, 11) is -3.16. The number of rotatable bonds is 4. The summed E-state index contributed by atoms with van der Waals surface area (Å²) in [5.74, 6) is 0. The van der Waals surface area contributed by atoms with Crippen molar-refractivity contribution in [3.05, 3.63) is 18.2 Å². The van der Waals surface area contributed by atoms with E-state index in [2.05, 4.69) is 10.3 Å². The Labute approximate surface area is 111 Å². The maximum atomic E-state index is 11.6. The number of nitrogens with zero attached hydrogens (tertiary/aromatic N) is 1. The standard InChI is InChI=1S/C12H17N3O3S/c1-12(2,19(3,16)17)7-14-11-15-9-5-4-8(13)6-10(9)18-11/h4-6H,7,13H2,1-3H3,(H,14,15). The molecule has 0 radical (unpaired) electrons. The van der Waals surface area contributed by atoms with Crippen LogP contribution in [-0.4, -0.2) is 30.9 Å². The molecule has 0 saturated heterocycles. The quantitative estimate of drug-likeness (QED) is 0.828. The zero-order valence-electron chi connectivity index (χ0n) is 11.1. The average molecular weight is 283 g/mol. The second kappa shape index (κ2) is 4.41. The summed E-state index contributed by atoms with van der Waals surface area (Å²) in [6.07, 6.45) is 1.21. The van der Waals surface area contributed by atoms with Crippen LogP contribution < -0.4 is 11.1 Å². The Bertz CT molecular complexity index is 704. The molecule has 0 unspecified atom stereocenters. The number of oxazole rings is 1. The van der Waals surface area contributed by atoms with Gasteiger partial charge in [-0.05, 0) is 26.0 Å². The molecule has 104 valence electrons. The van der Waals surface area contributed by atoms with E-state index >= 15 is 0 Å². The van der Waals surface area contributed by atoms with E-state index in [0.717, 1.165) is 0 Å². The minimum atomic E-state index is -3.16. The van der Waals surface area contributed by atoms with Gasteiger partial charge in [-0.3, -0.25) is 0 Å². The third-order valence-corrected chi connectivity index (χ3v) is 5.23. The Kier molecular flexibility index (Phi) is 3.17. The summed E-state index contributed by atoms with van der Waals surface area (Å²) in [6, 6.07) is 5.45. The van der Waals surface area contributed by atoms with Crippen LogP contribution in [-0.2, 0) is 9.84 Å². The molecule has 0 saturated carbocycles. The molecule has 1 aromatic heterocycles. The van der Waals surface area contributed by atoms with Crippen molar-refractivity contribution in [1.82, 2.24) is 4.98 Å². The minimum Gasteiger partial charge on any atom is -0.423 e. The molecule has 0 spiro atoms. The summed E-state index contributed by atoms with van der Waals surface area (Å²) in [6.45, 7) is 3.51. The Balaban J connectivity index is 2.19. The molecule has 0 atom stereocenters. The summed E-state index contributed by atoms with van der Waals surface area (Å²) in [5.41, 5.74) is 7.48. The van der Waals surface area contributed by atoms with E-state index in [1.807, 2.05) is 0 Å². The minimum absolute atomic E-state index is 0.216. The summed E-state index contributed by atoms with van der Waals surface area (Å²) in [5, 5.41) is 2.90. The van der Waals surface area contributed by atoms with Gasteiger partial charge in [-0.25, -0.2) is 8.42 Å². The predicted molar refractivity (Wildman–Crippen MR) is 75.8 cm³/mol. The maximum Gasteiger partial charge on any atom is 0.295 e. The first-order valence-corrected chi connectivity index (χ1v) is 7.68. The second-order valence-electron chi connectivity index (χ2n) is 5.13. The Morgan fingerprint density at radius 2 is 2.11 bits per heavy atom. The molecule has 1 heterocycles. The van der Waals surface area contributed by atoms with Gasteiger partial charge in [-0.1, -0.05) is 0 Å². The average Bonchev–Trinajstić information content (AvgIpc) is 2.67. The normalized spacial score (nSPS) is 12.8. The number of nitrogen functional groups attached to an aromatic ring is 1. The molecular formula is C12H17N3O3S. The fourth-order valence-corrected chi connectivity index (χ4v) is 1.77. The van der Waals surface area contributed by atoms with Crippen molar-refractivity contribution < 1.29 is 12.8 Å². The van der Waals surface area contributed by atoms with Gasteiger partial charge in [0.15, 0.2) is 15.4 Å². The molecule has 3 N–H and O–H groups in total. The zero-order chi connectivity index (χ0) is 14.3. The monoisotopic (exact) mass is 283 g/mol. The van der Waals surface area contributed by atoms with E-state index in [1.54, 1.807) is 32.0 Å². The van der Waals surface area contributed by atoms with Crippen molar-refractivity contribution in [2.75, 3.05) is 23.9 Å². The predicted octanol–water partition coefficient (Wildman–Crippen LogP) is 1.65. The number of fused-ring (bicyclic) bond motifs is 1. The van der Waals surface area contributed by atoms with Crippen molar-refractivity contribution in [2.45, 2.75) is 18.6 Å². The SMILES string of the molecule is CC(C)(CNc1nc2ccc(N)cc2o1)S(C)(=O)=O. The maximum absolute atomic E-state index is 11.6. The van der Waals surface area contributed by atoms with Crippen molar-refractivity contribution in [3.63, 3.8) is 0 Å². The van der Waals surface area contributed by atoms with E-state index in [9.17, 15) is 8.42 Å². The third-order valence-electron chi connectivity index (χ3n) is 3.08. The highest BCUT2D eigenvalue weighted by atomic mass is 32.2. The van der Waals surface area contributed by atoms with Crippen LogP contribution >= 0.6 is 0 Å². The van der Waals surface area contributed by atoms with Crippen LogP contribution in [0.15, 0.2) is 22.6 Å². The highest BCUT2D eigenvalue weighted by molar-refractivity contribution is 7.92. The zero-order valence-corrected chi connectivity index (χ0v) is 11.9. The van der Waals surface area contributed by atoms with Crippen LogP contribution in [0.2, 0.25) is 0 Å². The number of sulfone groups is 1. The van der Waals surface area contributed by atoms with Crippen LogP contribution in [0, 0.1) is 0 Å². The van der Waals surface area contributed by atoms with Gasteiger partial charge in [0.05, 0.1) is 4.75 Å². The van der Waals surface area contributed by atoms with Gasteiger partial charge < -0.3 is 15.5 Å². The summed E-state index contributed by atoms with van der Waals surface area (Å²) < 4.78 is 27.7. The van der Waals surface area contributed by atoms with Crippen LogP contribution in [0.5, 0.6) is 0 Å². The first-order valence-electron chi connectivity index (χ1n) is 5.78. The first kappa shape index (κ1) is 13.7. The molecular weight excluding hydrogens is 266 g/mol. The van der Waals surface area contributed by atoms with Gasteiger partial charge in [0.2, 0.25) is 0 Å². The Morgan fingerprint density at radius 1 is 1.42 bits per heavy atom. The van der Waals surface area contributed by atoms with Crippen LogP contribution in [0.1, 0.15) is 13.8 Å². The molecule has 0 aliphatic heterocycles. The molecule has 0 bridgehead atoms. The lowest BCUT2D eigenvalue weighted by molar-refractivity contribution is 0.553. The number of benzene rings is 1. The number of hydrogen-bond donors (Lipinski definition) is 2. The fourth-order valence-electron chi connectivity index (χ4n) is 1.44.